The first-order valence-electron chi connectivity index (χ1n) is 11.6. The average Bonchev–Trinajstić information content (AvgIpc) is 2.81. The quantitative estimate of drug-likeness (QED) is 0.427. The van der Waals surface area contributed by atoms with E-state index in [2.05, 4.69) is 24.8 Å². The van der Waals surface area contributed by atoms with Crippen molar-refractivity contribution in [2.24, 2.45) is 4.99 Å². The molecule has 3 aromatic rings. The van der Waals surface area contributed by atoms with Gasteiger partial charge in [-0.05, 0) is 73.8 Å². The molecule has 6 heteroatoms. The predicted octanol–water partition coefficient (Wildman–Crippen LogP) is 6.36. The third-order valence-corrected chi connectivity index (χ3v) is 6.88. The summed E-state index contributed by atoms with van der Waals surface area (Å²) in [7, 11) is 0. The molecule has 0 unspecified atom stereocenters. The van der Waals surface area contributed by atoms with E-state index in [1.165, 1.54) is 19.3 Å². The molecule has 5 nitrogen and oxygen atoms in total. The molecule has 1 fully saturated rings. The number of hydrogen-bond donors (Lipinski definition) is 2. The van der Waals surface area contributed by atoms with Crippen LogP contribution in [0.3, 0.4) is 0 Å². The zero-order valence-corrected chi connectivity index (χ0v) is 19.6. The molecule has 0 spiro atoms. The summed E-state index contributed by atoms with van der Waals surface area (Å²) in [5.41, 5.74) is 3.38. The minimum Gasteiger partial charge on any atom is -0.507 e. The summed E-state index contributed by atoms with van der Waals surface area (Å²) in [6.45, 7) is 6.83. The largest absolute Gasteiger partial charge is 0.507 e. The molecule has 0 bridgehead atoms. The number of halogens is 1. The second-order valence-corrected chi connectivity index (χ2v) is 9.09. The van der Waals surface area contributed by atoms with Gasteiger partial charge in [-0.15, -0.1) is 0 Å². The second kappa shape index (κ2) is 9.97. The second-order valence-electron chi connectivity index (χ2n) is 8.66. The highest BCUT2D eigenvalue weighted by Crippen LogP contribution is 2.41. The highest BCUT2D eigenvalue weighted by atomic mass is 35.5. The van der Waals surface area contributed by atoms with Crippen LogP contribution in [0, 0.1) is 0 Å². The van der Waals surface area contributed by atoms with Gasteiger partial charge in [0, 0.05) is 28.7 Å². The summed E-state index contributed by atoms with van der Waals surface area (Å²) in [5.74, 6) is 0.806. The van der Waals surface area contributed by atoms with Gasteiger partial charge in [0.25, 0.3) is 0 Å². The van der Waals surface area contributed by atoms with Gasteiger partial charge in [0.2, 0.25) is 0 Å². The van der Waals surface area contributed by atoms with E-state index in [0.717, 1.165) is 58.2 Å². The number of phenols is 1. The molecule has 2 N–H and O–H groups in total. The van der Waals surface area contributed by atoms with E-state index in [0.29, 0.717) is 28.8 Å². The summed E-state index contributed by atoms with van der Waals surface area (Å²) in [5, 5.41) is 23.5. The Morgan fingerprint density at radius 3 is 2.53 bits per heavy atom. The van der Waals surface area contributed by atoms with Gasteiger partial charge in [-0.1, -0.05) is 44.7 Å². The minimum absolute atomic E-state index is 0.375. The molecule has 0 aliphatic heterocycles. The van der Waals surface area contributed by atoms with Crippen LogP contribution in [-0.2, 0) is 6.54 Å². The van der Waals surface area contributed by atoms with Crippen molar-refractivity contribution in [2.75, 3.05) is 13.1 Å². The lowest BCUT2D eigenvalue weighted by Gasteiger charge is -2.25. The maximum atomic E-state index is 11.2. The first-order valence-corrected chi connectivity index (χ1v) is 12.0. The van der Waals surface area contributed by atoms with Gasteiger partial charge in [0.1, 0.15) is 5.75 Å². The highest BCUT2D eigenvalue weighted by molar-refractivity contribution is 6.31. The number of nitrogens with zero attached hydrogens (tertiary/aromatic N) is 3. The van der Waals surface area contributed by atoms with Gasteiger partial charge in [-0.25, -0.2) is 4.99 Å². The third kappa shape index (κ3) is 4.79. The van der Waals surface area contributed by atoms with Crippen LogP contribution in [0.2, 0.25) is 5.02 Å². The molecule has 0 amide bonds. The Hall–Kier alpha value is -2.50. The fourth-order valence-corrected chi connectivity index (χ4v) is 4.92. The van der Waals surface area contributed by atoms with Gasteiger partial charge in [-0.2, -0.15) is 4.73 Å². The normalized spacial score (nSPS) is 15.7. The monoisotopic (exact) mass is 453 g/mol. The maximum Gasteiger partial charge on any atom is 0.123 e. The topological polar surface area (TPSA) is 61.0 Å². The van der Waals surface area contributed by atoms with Crippen molar-refractivity contribution < 1.29 is 10.3 Å². The molecular formula is C26H32ClN3O2. The molecule has 1 aromatic heterocycles. The Labute approximate surface area is 194 Å². The van der Waals surface area contributed by atoms with E-state index in [-0.39, 0.29) is 0 Å². The molecular weight excluding hydrogens is 422 g/mol. The fraction of sp³-hybridized carbons (Fsp3) is 0.423. The number of aromatic hydroxyl groups is 1. The first kappa shape index (κ1) is 22.7. The van der Waals surface area contributed by atoms with Crippen LogP contribution in [-0.4, -0.2) is 33.0 Å². The summed E-state index contributed by atoms with van der Waals surface area (Å²) >= 11 is 6.14. The van der Waals surface area contributed by atoms with E-state index in [1.807, 2.05) is 12.1 Å². The van der Waals surface area contributed by atoms with E-state index in [1.54, 1.807) is 24.4 Å². The standard InChI is InChI=1S/C26H32ClN3O2/c1-3-29(4-2)17-19-14-21(16-23(26(19)31)18-8-6-5-7-9-18)28-24-12-13-30(32)25-15-20(27)10-11-22(24)25/h10-16,18,31-32H,3-9,17H2,1-2H3. The van der Waals surface area contributed by atoms with E-state index in [4.69, 9.17) is 16.6 Å². The van der Waals surface area contributed by atoms with Crippen LogP contribution >= 0.6 is 11.6 Å². The molecule has 0 radical (unpaired) electrons. The predicted molar refractivity (Wildman–Crippen MR) is 130 cm³/mol. The highest BCUT2D eigenvalue weighted by Gasteiger charge is 2.22. The Kier molecular flexibility index (Phi) is 7.07. The van der Waals surface area contributed by atoms with Gasteiger partial charge < -0.3 is 10.3 Å². The number of fused-ring (bicyclic) bond motifs is 1. The Balaban J connectivity index is 1.86. The first-order chi connectivity index (χ1) is 15.5. The Morgan fingerprint density at radius 2 is 1.81 bits per heavy atom. The van der Waals surface area contributed by atoms with E-state index >= 15 is 0 Å². The zero-order chi connectivity index (χ0) is 22.7. The van der Waals surface area contributed by atoms with E-state index < -0.39 is 0 Å². The number of phenolic OH excluding ortho intramolecular Hbond substituents is 1. The van der Waals surface area contributed by atoms with Crippen LogP contribution in [0.15, 0.2) is 47.6 Å². The van der Waals surface area contributed by atoms with Crippen LogP contribution in [0.25, 0.3) is 10.9 Å². The molecule has 2 aromatic carbocycles. The molecule has 4 rings (SSSR count). The number of rotatable bonds is 6. The van der Waals surface area contributed by atoms with Gasteiger partial charge in [0.05, 0.1) is 16.6 Å². The van der Waals surface area contributed by atoms with Crippen LogP contribution in [0.1, 0.15) is 63.0 Å². The van der Waals surface area contributed by atoms with Gasteiger partial charge in [0.15, 0.2) is 0 Å². The van der Waals surface area contributed by atoms with Crippen molar-refractivity contribution in [2.45, 2.75) is 58.4 Å². The number of benzene rings is 2. The van der Waals surface area contributed by atoms with E-state index in [9.17, 15) is 10.3 Å². The Bertz CT molecular complexity index is 1160. The third-order valence-electron chi connectivity index (χ3n) is 6.64. The summed E-state index contributed by atoms with van der Waals surface area (Å²) in [6, 6.07) is 11.3. The molecule has 1 aliphatic carbocycles. The minimum atomic E-state index is 0.375. The molecule has 1 heterocycles. The maximum absolute atomic E-state index is 11.2. The number of pyridine rings is 1. The van der Waals surface area contributed by atoms with Gasteiger partial charge in [-0.3, -0.25) is 4.90 Å². The molecule has 0 atom stereocenters. The number of aromatic nitrogens is 1. The molecule has 0 saturated heterocycles. The fourth-order valence-electron chi connectivity index (χ4n) is 4.76. The Morgan fingerprint density at radius 1 is 1.06 bits per heavy atom. The van der Waals surface area contributed by atoms with Crippen LogP contribution in [0.4, 0.5) is 5.69 Å². The number of hydrogen-bond acceptors (Lipinski definition) is 4. The lowest BCUT2D eigenvalue weighted by atomic mass is 9.82. The molecule has 1 saturated carbocycles. The zero-order valence-electron chi connectivity index (χ0n) is 18.9. The van der Waals surface area contributed by atoms with Crippen LogP contribution in [0.5, 0.6) is 5.75 Å². The van der Waals surface area contributed by atoms with Crippen molar-refractivity contribution in [1.29, 1.82) is 0 Å². The summed E-state index contributed by atoms with van der Waals surface area (Å²) < 4.78 is 1.07. The van der Waals surface area contributed by atoms with Crippen molar-refractivity contribution in [3.8, 4) is 5.75 Å². The molecule has 1 aliphatic rings. The van der Waals surface area contributed by atoms with Crippen molar-refractivity contribution in [3.05, 3.63) is 64.1 Å². The lowest BCUT2D eigenvalue weighted by Crippen LogP contribution is -2.22. The lowest BCUT2D eigenvalue weighted by molar-refractivity contribution is 0.198. The summed E-state index contributed by atoms with van der Waals surface area (Å²) in [6.07, 6.45) is 7.48. The van der Waals surface area contributed by atoms with Crippen molar-refractivity contribution >= 4 is 28.2 Å². The SMILES string of the molecule is CCN(CC)Cc1cc(N=c2ccn(O)c3cc(Cl)ccc23)cc(C2CCCCC2)c1O. The smallest absolute Gasteiger partial charge is 0.123 e. The van der Waals surface area contributed by atoms with Crippen molar-refractivity contribution in [1.82, 2.24) is 9.63 Å². The molecule has 170 valence electrons. The molecule has 32 heavy (non-hydrogen) atoms. The summed E-state index contributed by atoms with van der Waals surface area (Å²) in [4.78, 5) is 7.26. The van der Waals surface area contributed by atoms with Gasteiger partial charge >= 0.3 is 0 Å². The van der Waals surface area contributed by atoms with Crippen molar-refractivity contribution in [3.63, 3.8) is 0 Å². The average molecular weight is 454 g/mol. The van der Waals surface area contributed by atoms with Crippen LogP contribution < -0.4 is 5.36 Å².